The van der Waals surface area contributed by atoms with E-state index in [2.05, 4.69) is 4.90 Å². The van der Waals surface area contributed by atoms with Gasteiger partial charge in [0.05, 0.1) is 26.4 Å². The lowest BCUT2D eigenvalue weighted by atomic mass is 10.4. The number of aliphatic hydroxyl groups is 1. The van der Waals surface area contributed by atoms with E-state index in [1.165, 1.54) is 0 Å². The van der Waals surface area contributed by atoms with E-state index in [4.69, 9.17) is 19.3 Å². The summed E-state index contributed by atoms with van der Waals surface area (Å²) in [6.45, 7) is 5.39. The van der Waals surface area contributed by atoms with Crippen LogP contribution < -0.4 is 0 Å². The van der Waals surface area contributed by atoms with E-state index in [1.54, 1.807) is 14.2 Å². The molecule has 0 radical (unpaired) electrons. The summed E-state index contributed by atoms with van der Waals surface area (Å²) in [4.78, 5) is 2.17. The first-order valence-corrected chi connectivity index (χ1v) is 5.74. The van der Waals surface area contributed by atoms with Gasteiger partial charge in [-0.15, -0.1) is 0 Å². The summed E-state index contributed by atoms with van der Waals surface area (Å²) < 4.78 is 15.2. The highest BCUT2D eigenvalue weighted by Crippen LogP contribution is 1.92. The largest absolute Gasteiger partial charge is 0.395 e. The zero-order valence-corrected chi connectivity index (χ0v) is 10.5. The quantitative estimate of drug-likeness (QED) is 0.482. The lowest BCUT2D eigenvalue weighted by Gasteiger charge is -2.20. The fourth-order valence-electron chi connectivity index (χ4n) is 1.33. The van der Waals surface area contributed by atoms with E-state index >= 15 is 0 Å². The smallest absolute Gasteiger partial charge is 0.0700 e. The molecule has 5 heteroatoms. The lowest BCUT2D eigenvalue weighted by molar-refractivity contribution is 0.0618. The Morgan fingerprint density at radius 3 is 2.25 bits per heavy atom. The lowest BCUT2D eigenvalue weighted by Crippen LogP contribution is -2.31. The monoisotopic (exact) mass is 235 g/mol. The molecule has 5 nitrogen and oxygen atoms in total. The molecular formula is C11H25NO4. The van der Waals surface area contributed by atoms with Crippen molar-refractivity contribution < 1.29 is 19.3 Å². The molecule has 1 N–H and O–H groups in total. The highest BCUT2D eigenvalue weighted by atomic mass is 16.5. The molecular weight excluding hydrogens is 210 g/mol. The maximum atomic E-state index is 8.88. The van der Waals surface area contributed by atoms with E-state index in [0.29, 0.717) is 26.4 Å². The predicted molar refractivity (Wildman–Crippen MR) is 62.7 cm³/mol. The molecule has 0 aromatic carbocycles. The van der Waals surface area contributed by atoms with Crippen LogP contribution in [0.3, 0.4) is 0 Å². The van der Waals surface area contributed by atoms with Crippen molar-refractivity contribution in [3.8, 4) is 0 Å². The van der Waals surface area contributed by atoms with Gasteiger partial charge >= 0.3 is 0 Å². The van der Waals surface area contributed by atoms with Crippen molar-refractivity contribution >= 4 is 0 Å². The highest BCUT2D eigenvalue weighted by molar-refractivity contribution is 4.56. The molecule has 0 spiro atoms. The summed E-state index contributed by atoms with van der Waals surface area (Å²) in [6, 6.07) is 0. The molecule has 98 valence electrons. The fourth-order valence-corrected chi connectivity index (χ4v) is 1.33. The van der Waals surface area contributed by atoms with Crippen molar-refractivity contribution in [3.63, 3.8) is 0 Å². The van der Waals surface area contributed by atoms with Crippen LogP contribution in [0.1, 0.15) is 6.42 Å². The van der Waals surface area contributed by atoms with Gasteiger partial charge in [0, 0.05) is 40.5 Å². The van der Waals surface area contributed by atoms with Crippen LogP contribution in [0.25, 0.3) is 0 Å². The minimum absolute atomic E-state index is 0.189. The Morgan fingerprint density at radius 2 is 1.62 bits per heavy atom. The summed E-state index contributed by atoms with van der Waals surface area (Å²) in [5.74, 6) is 0. The van der Waals surface area contributed by atoms with Gasteiger partial charge < -0.3 is 19.3 Å². The second-order valence-electron chi connectivity index (χ2n) is 3.52. The minimum Gasteiger partial charge on any atom is -0.395 e. The number of hydrogen-bond acceptors (Lipinski definition) is 5. The molecule has 0 aromatic heterocycles. The predicted octanol–water partition coefficient (Wildman–Crippen LogP) is -0.0198. The molecule has 0 aliphatic heterocycles. The third kappa shape index (κ3) is 10.3. The van der Waals surface area contributed by atoms with Gasteiger partial charge in [-0.3, -0.25) is 4.90 Å². The second-order valence-corrected chi connectivity index (χ2v) is 3.52. The van der Waals surface area contributed by atoms with E-state index in [9.17, 15) is 0 Å². The zero-order valence-electron chi connectivity index (χ0n) is 10.5. The topological polar surface area (TPSA) is 51.2 Å². The van der Waals surface area contributed by atoms with E-state index < -0.39 is 0 Å². The molecule has 0 amide bonds. The number of aliphatic hydroxyl groups excluding tert-OH is 1. The first-order valence-electron chi connectivity index (χ1n) is 5.74. The van der Waals surface area contributed by atoms with E-state index in [-0.39, 0.29) is 6.61 Å². The number of nitrogens with zero attached hydrogens (tertiary/aromatic N) is 1. The Hall–Kier alpha value is -0.200. The van der Waals surface area contributed by atoms with Crippen molar-refractivity contribution in [1.29, 1.82) is 0 Å². The molecule has 0 aromatic rings. The minimum atomic E-state index is 0.189. The number of hydrogen-bond donors (Lipinski definition) is 1. The zero-order chi connectivity index (χ0) is 12.1. The summed E-state index contributed by atoms with van der Waals surface area (Å²) in [7, 11) is 3.35. The van der Waals surface area contributed by atoms with Crippen molar-refractivity contribution in [2.45, 2.75) is 6.42 Å². The van der Waals surface area contributed by atoms with Crippen LogP contribution >= 0.6 is 0 Å². The molecule has 16 heavy (non-hydrogen) atoms. The standard InChI is InChI=1S/C11H25NO4/c1-14-9-6-12(5-7-13)4-3-8-16-11-10-15-2/h13H,3-11H2,1-2H3. The first-order chi connectivity index (χ1) is 7.85. The Bertz CT molecular complexity index is 135. The Balaban J connectivity index is 3.36. The van der Waals surface area contributed by atoms with Gasteiger partial charge in [-0.1, -0.05) is 0 Å². The summed E-state index contributed by atoms with van der Waals surface area (Å²) in [6.07, 6.45) is 0.966. The molecule has 0 fully saturated rings. The van der Waals surface area contributed by atoms with Crippen LogP contribution in [0.15, 0.2) is 0 Å². The van der Waals surface area contributed by atoms with Crippen molar-refractivity contribution in [3.05, 3.63) is 0 Å². The maximum Gasteiger partial charge on any atom is 0.0700 e. The Labute approximate surface area is 98.3 Å². The third-order valence-electron chi connectivity index (χ3n) is 2.22. The van der Waals surface area contributed by atoms with Gasteiger partial charge in [-0.2, -0.15) is 0 Å². The van der Waals surface area contributed by atoms with Crippen LogP contribution in [0.4, 0.5) is 0 Å². The molecule has 0 heterocycles. The van der Waals surface area contributed by atoms with Gasteiger partial charge in [0.1, 0.15) is 0 Å². The molecule has 0 saturated heterocycles. The van der Waals surface area contributed by atoms with Gasteiger partial charge in [0.25, 0.3) is 0 Å². The molecule has 0 bridgehead atoms. The van der Waals surface area contributed by atoms with E-state index in [1.807, 2.05) is 0 Å². The van der Waals surface area contributed by atoms with Crippen molar-refractivity contribution in [1.82, 2.24) is 4.90 Å². The fraction of sp³-hybridized carbons (Fsp3) is 1.00. The van der Waals surface area contributed by atoms with E-state index in [0.717, 1.165) is 26.1 Å². The average molecular weight is 235 g/mol. The van der Waals surface area contributed by atoms with Crippen LogP contribution in [-0.4, -0.2) is 76.9 Å². The Morgan fingerprint density at radius 1 is 0.875 bits per heavy atom. The molecule has 0 aliphatic rings. The first kappa shape index (κ1) is 15.8. The van der Waals surface area contributed by atoms with Gasteiger partial charge in [-0.05, 0) is 6.42 Å². The Kier molecular flexibility index (Phi) is 12.7. The average Bonchev–Trinajstić information content (AvgIpc) is 2.30. The summed E-state index contributed by atoms with van der Waals surface area (Å²) in [5, 5.41) is 8.88. The molecule has 0 atom stereocenters. The van der Waals surface area contributed by atoms with Gasteiger partial charge in [0.2, 0.25) is 0 Å². The van der Waals surface area contributed by atoms with Gasteiger partial charge in [0.15, 0.2) is 0 Å². The second kappa shape index (κ2) is 12.9. The number of ether oxygens (including phenoxy) is 3. The molecule has 0 rings (SSSR count). The molecule has 0 aliphatic carbocycles. The van der Waals surface area contributed by atoms with Crippen LogP contribution in [-0.2, 0) is 14.2 Å². The molecule has 0 unspecified atom stereocenters. The maximum absolute atomic E-state index is 8.88. The third-order valence-corrected chi connectivity index (χ3v) is 2.22. The van der Waals surface area contributed by atoms with Crippen LogP contribution in [0, 0.1) is 0 Å². The molecule has 0 saturated carbocycles. The summed E-state index contributed by atoms with van der Waals surface area (Å²) in [5.41, 5.74) is 0. The highest BCUT2D eigenvalue weighted by Gasteiger charge is 2.03. The SMILES string of the molecule is COCCOCCCN(CCO)CCOC. The normalized spacial score (nSPS) is 11.2. The van der Waals surface area contributed by atoms with Gasteiger partial charge in [-0.25, -0.2) is 0 Å². The van der Waals surface area contributed by atoms with Crippen molar-refractivity contribution in [2.24, 2.45) is 0 Å². The number of methoxy groups -OCH3 is 2. The van der Waals surface area contributed by atoms with Crippen LogP contribution in [0.5, 0.6) is 0 Å². The van der Waals surface area contributed by atoms with Crippen molar-refractivity contribution in [2.75, 3.05) is 66.9 Å². The number of rotatable bonds is 12. The summed E-state index contributed by atoms with van der Waals surface area (Å²) >= 11 is 0. The van der Waals surface area contributed by atoms with Crippen LogP contribution in [0.2, 0.25) is 0 Å².